The molecule has 2 rings (SSSR count). The maximum absolute atomic E-state index is 5.73. The molecule has 2 heterocycles. The Morgan fingerprint density at radius 2 is 2.44 bits per heavy atom. The van der Waals surface area contributed by atoms with Crippen LogP contribution in [0.3, 0.4) is 0 Å². The molecule has 0 spiro atoms. The number of anilines is 1. The van der Waals surface area contributed by atoms with E-state index < -0.39 is 0 Å². The summed E-state index contributed by atoms with van der Waals surface area (Å²) in [6, 6.07) is 0. The van der Waals surface area contributed by atoms with Gasteiger partial charge in [-0.15, -0.1) is 0 Å². The third kappa shape index (κ3) is 3.71. The van der Waals surface area contributed by atoms with E-state index in [0.29, 0.717) is 0 Å². The van der Waals surface area contributed by atoms with Crippen molar-refractivity contribution in [2.24, 2.45) is 0 Å². The minimum absolute atomic E-state index is 0.264. The van der Waals surface area contributed by atoms with Crippen LogP contribution in [0.1, 0.15) is 19.8 Å². The fourth-order valence-corrected chi connectivity index (χ4v) is 2.18. The molecular formula is C13H24N4O. The molecule has 1 saturated heterocycles. The van der Waals surface area contributed by atoms with E-state index in [0.717, 1.165) is 38.7 Å². The number of hydrogen-bond donors (Lipinski definition) is 1. The van der Waals surface area contributed by atoms with Gasteiger partial charge in [0.15, 0.2) is 0 Å². The van der Waals surface area contributed by atoms with Crippen LogP contribution in [-0.4, -0.2) is 53.8 Å². The van der Waals surface area contributed by atoms with Crippen LogP contribution < -0.4 is 5.32 Å². The molecule has 18 heavy (non-hydrogen) atoms. The zero-order valence-corrected chi connectivity index (χ0v) is 11.4. The number of aromatic nitrogens is 2. The third-order valence-corrected chi connectivity index (χ3v) is 3.30. The lowest BCUT2D eigenvalue weighted by atomic mass is 10.3. The second-order valence-corrected chi connectivity index (χ2v) is 4.93. The largest absolute Gasteiger partial charge is 0.374 e. The van der Waals surface area contributed by atoms with Crippen molar-refractivity contribution < 1.29 is 4.74 Å². The molecular weight excluding hydrogens is 228 g/mol. The SMILES string of the molecule is CCCCn1ccnc1NCC1CN(C)CCO1. The Labute approximate surface area is 109 Å². The zero-order valence-electron chi connectivity index (χ0n) is 11.4. The van der Waals surface area contributed by atoms with Gasteiger partial charge in [0.1, 0.15) is 0 Å². The van der Waals surface area contributed by atoms with Crippen LogP contribution >= 0.6 is 0 Å². The number of morpholine rings is 1. The van der Waals surface area contributed by atoms with Crippen LogP contribution in [0.2, 0.25) is 0 Å². The third-order valence-electron chi connectivity index (χ3n) is 3.30. The van der Waals surface area contributed by atoms with E-state index >= 15 is 0 Å². The number of unbranched alkanes of at least 4 members (excludes halogenated alkanes) is 1. The topological polar surface area (TPSA) is 42.3 Å². The summed E-state index contributed by atoms with van der Waals surface area (Å²) in [5, 5.41) is 3.39. The van der Waals surface area contributed by atoms with Crippen LogP contribution in [0.5, 0.6) is 0 Å². The summed E-state index contributed by atoms with van der Waals surface area (Å²) in [6.07, 6.45) is 6.54. The predicted octanol–water partition coefficient (Wildman–Crippen LogP) is 1.43. The average molecular weight is 252 g/mol. The van der Waals surface area contributed by atoms with Gasteiger partial charge in [-0.1, -0.05) is 13.3 Å². The van der Waals surface area contributed by atoms with E-state index in [9.17, 15) is 0 Å². The van der Waals surface area contributed by atoms with Crippen molar-refractivity contribution in [3.8, 4) is 0 Å². The Hall–Kier alpha value is -1.07. The van der Waals surface area contributed by atoms with E-state index in [-0.39, 0.29) is 6.10 Å². The summed E-state index contributed by atoms with van der Waals surface area (Å²) >= 11 is 0. The van der Waals surface area contributed by atoms with Crippen molar-refractivity contribution >= 4 is 5.95 Å². The van der Waals surface area contributed by atoms with E-state index in [1.54, 1.807) is 0 Å². The molecule has 1 N–H and O–H groups in total. The van der Waals surface area contributed by atoms with Gasteiger partial charge in [0.05, 0.1) is 12.7 Å². The van der Waals surface area contributed by atoms with Crippen molar-refractivity contribution in [2.45, 2.75) is 32.4 Å². The first-order valence-electron chi connectivity index (χ1n) is 6.84. The van der Waals surface area contributed by atoms with Gasteiger partial charge in [-0.2, -0.15) is 0 Å². The minimum Gasteiger partial charge on any atom is -0.374 e. The van der Waals surface area contributed by atoms with Crippen LogP contribution in [0.15, 0.2) is 12.4 Å². The van der Waals surface area contributed by atoms with Gasteiger partial charge in [0, 0.05) is 38.6 Å². The van der Waals surface area contributed by atoms with Crippen molar-refractivity contribution in [1.29, 1.82) is 0 Å². The van der Waals surface area contributed by atoms with Crippen molar-refractivity contribution in [2.75, 3.05) is 38.6 Å². The van der Waals surface area contributed by atoms with Gasteiger partial charge in [0.2, 0.25) is 5.95 Å². The van der Waals surface area contributed by atoms with Gasteiger partial charge in [-0.25, -0.2) is 4.98 Å². The highest BCUT2D eigenvalue weighted by molar-refractivity contribution is 5.26. The lowest BCUT2D eigenvalue weighted by Gasteiger charge is -2.30. The summed E-state index contributed by atoms with van der Waals surface area (Å²) < 4.78 is 7.90. The van der Waals surface area contributed by atoms with Crippen molar-refractivity contribution in [3.05, 3.63) is 12.4 Å². The molecule has 1 atom stereocenters. The van der Waals surface area contributed by atoms with Crippen LogP contribution in [-0.2, 0) is 11.3 Å². The molecule has 0 saturated carbocycles. The van der Waals surface area contributed by atoms with E-state index in [4.69, 9.17) is 4.74 Å². The molecule has 5 heteroatoms. The van der Waals surface area contributed by atoms with Crippen LogP contribution in [0, 0.1) is 0 Å². The maximum Gasteiger partial charge on any atom is 0.202 e. The highest BCUT2D eigenvalue weighted by Gasteiger charge is 2.17. The Morgan fingerprint density at radius 3 is 3.22 bits per heavy atom. The van der Waals surface area contributed by atoms with Crippen molar-refractivity contribution in [3.63, 3.8) is 0 Å². The number of aryl methyl sites for hydroxylation is 1. The van der Waals surface area contributed by atoms with Gasteiger partial charge in [-0.3, -0.25) is 0 Å². The molecule has 1 unspecified atom stereocenters. The molecule has 0 bridgehead atoms. The first-order valence-corrected chi connectivity index (χ1v) is 6.84. The Balaban J connectivity index is 1.80. The zero-order chi connectivity index (χ0) is 12.8. The van der Waals surface area contributed by atoms with Crippen LogP contribution in [0.25, 0.3) is 0 Å². The molecule has 1 aromatic rings. The smallest absolute Gasteiger partial charge is 0.202 e. The van der Waals surface area contributed by atoms with E-state index in [1.165, 1.54) is 12.8 Å². The summed E-state index contributed by atoms with van der Waals surface area (Å²) in [6.45, 7) is 6.91. The van der Waals surface area contributed by atoms with Gasteiger partial charge < -0.3 is 19.5 Å². The Kier molecular flexibility index (Phi) is 5.01. The highest BCUT2D eigenvalue weighted by atomic mass is 16.5. The molecule has 1 aliphatic rings. The number of nitrogens with zero attached hydrogens (tertiary/aromatic N) is 3. The number of imidazole rings is 1. The first kappa shape index (κ1) is 13.4. The second-order valence-electron chi connectivity index (χ2n) is 4.93. The predicted molar refractivity (Wildman–Crippen MR) is 72.9 cm³/mol. The van der Waals surface area contributed by atoms with Gasteiger partial charge >= 0.3 is 0 Å². The number of ether oxygens (including phenoxy) is 1. The summed E-state index contributed by atoms with van der Waals surface area (Å²) in [5.74, 6) is 0.959. The first-order chi connectivity index (χ1) is 8.79. The number of rotatable bonds is 6. The van der Waals surface area contributed by atoms with Crippen molar-refractivity contribution in [1.82, 2.24) is 14.5 Å². The summed E-state index contributed by atoms with van der Waals surface area (Å²) in [4.78, 5) is 6.66. The molecule has 0 aromatic carbocycles. The molecule has 5 nitrogen and oxygen atoms in total. The lowest BCUT2D eigenvalue weighted by molar-refractivity contribution is -0.0118. The molecule has 0 amide bonds. The standard InChI is InChI=1S/C13H24N4O/c1-3-4-6-17-7-5-14-13(17)15-10-12-11-16(2)8-9-18-12/h5,7,12H,3-4,6,8-11H2,1-2H3,(H,14,15). The molecule has 1 aliphatic heterocycles. The Bertz CT molecular complexity index is 353. The molecule has 0 radical (unpaired) electrons. The highest BCUT2D eigenvalue weighted by Crippen LogP contribution is 2.08. The number of likely N-dealkylation sites (N-methyl/N-ethyl adjacent to an activating group) is 1. The molecule has 1 fully saturated rings. The number of nitrogens with one attached hydrogen (secondary N) is 1. The van der Waals surface area contributed by atoms with Gasteiger partial charge in [-0.05, 0) is 13.5 Å². The quantitative estimate of drug-likeness (QED) is 0.831. The molecule has 102 valence electrons. The summed E-state index contributed by atoms with van der Waals surface area (Å²) in [5.41, 5.74) is 0. The van der Waals surface area contributed by atoms with Crippen LogP contribution in [0.4, 0.5) is 5.95 Å². The maximum atomic E-state index is 5.73. The van der Waals surface area contributed by atoms with E-state index in [1.807, 2.05) is 12.4 Å². The van der Waals surface area contributed by atoms with E-state index in [2.05, 4.69) is 33.7 Å². The monoisotopic (exact) mass is 252 g/mol. The Morgan fingerprint density at radius 1 is 1.56 bits per heavy atom. The van der Waals surface area contributed by atoms with Gasteiger partial charge in [0.25, 0.3) is 0 Å². The normalized spacial score (nSPS) is 21.1. The average Bonchev–Trinajstić information content (AvgIpc) is 2.81. The fraction of sp³-hybridized carbons (Fsp3) is 0.769. The number of hydrogen-bond acceptors (Lipinski definition) is 4. The molecule has 0 aliphatic carbocycles. The second kappa shape index (κ2) is 6.75. The minimum atomic E-state index is 0.264. The fourth-order valence-electron chi connectivity index (χ4n) is 2.18. The lowest BCUT2D eigenvalue weighted by Crippen LogP contribution is -2.43. The molecule has 1 aromatic heterocycles. The summed E-state index contributed by atoms with van der Waals surface area (Å²) in [7, 11) is 2.14.